The molecule has 0 amide bonds. The van der Waals surface area contributed by atoms with E-state index in [-0.39, 0.29) is 12.1 Å². The zero-order chi connectivity index (χ0) is 13.7. The highest BCUT2D eigenvalue weighted by molar-refractivity contribution is 5.91. The maximum atomic E-state index is 12.0. The van der Waals surface area contributed by atoms with Gasteiger partial charge in [-0.1, -0.05) is 0 Å². The van der Waals surface area contributed by atoms with Gasteiger partial charge >= 0.3 is 5.97 Å². The third kappa shape index (κ3) is 3.86. The fraction of sp³-hybridized carbons (Fsp3) is 0.500. The van der Waals surface area contributed by atoms with E-state index in [9.17, 15) is 4.79 Å². The van der Waals surface area contributed by atoms with Gasteiger partial charge in [0.2, 0.25) is 0 Å². The van der Waals surface area contributed by atoms with Crippen LogP contribution in [-0.2, 0) is 9.47 Å². The second kappa shape index (κ2) is 6.43. The van der Waals surface area contributed by atoms with Gasteiger partial charge in [-0.25, -0.2) is 4.79 Å². The summed E-state index contributed by atoms with van der Waals surface area (Å²) in [5, 5.41) is 0. The molecule has 0 saturated carbocycles. The molecule has 2 rings (SSSR count). The Balaban J connectivity index is 2.05. The fourth-order valence-electron chi connectivity index (χ4n) is 2.00. The van der Waals surface area contributed by atoms with Crippen molar-refractivity contribution in [2.75, 3.05) is 25.6 Å². The minimum absolute atomic E-state index is 0.0711. The molecule has 0 spiro atoms. The number of anilines is 1. The lowest BCUT2D eigenvalue weighted by Gasteiger charge is -2.22. The number of ether oxygens (including phenoxy) is 3. The van der Waals surface area contributed by atoms with E-state index < -0.39 is 0 Å². The lowest BCUT2D eigenvalue weighted by Crippen LogP contribution is -2.26. The Morgan fingerprint density at radius 3 is 2.79 bits per heavy atom. The Labute approximate surface area is 112 Å². The Morgan fingerprint density at radius 2 is 2.11 bits per heavy atom. The number of rotatable bonds is 4. The smallest absolute Gasteiger partial charge is 0.338 e. The van der Waals surface area contributed by atoms with E-state index in [1.54, 1.807) is 18.2 Å². The quantitative estimate of drug-likeness (QED) is 0.666. The summed E-state index contributed by atoms with van der Waals surface area (Å²) >= 11 is 0. The van der Waals surface area contributed by atoms with Gasteiger partial charge in [0.15, 0.2) is 0 Å². The van der Waals surface area contributed by atoms with Crippen LogP contribution in [0.4, 0.5) is 5.69 Å². The Bertz CT molecular complexity index is 441. The van der Waals surface area contributed by atoms with E-state index in [1.165, 1.54) is 0 Å². The Kier molecular flexibility index (Phi) is 4.63. The van der Waals surface area contributed by atoms with Crippen molar-refractivity contribution < 1.29 is 19.0 Å². The van der Waals surface area contributed by atoms with Crippen LogP contribution in [0.25, 0.3) is 0 Å². The molecule has 5 nitrogen and oxygen atoms in total. The third-order valence-corrected chi connectivity index (χ3v) is 2.92. The van der Waals surface area contributed by atoms with Crippen molar-refractivity contribution in [1.82, 2.24) is 0 Å². The fourth-order valence-corrected chi connectivity index (χ4v) is 2.00. The first-order chi connectivity index (χ1) is 9.19. The Hall–Kier alpha value is -1.75. The van der Waals surface area contributed by atoms with E-state index in [2.05, 4.69) is 0 Å². The molecular weight excluding hydrogens is 246 g/mol. The van der Waals surface area contributed by atoms with Crippen molar-refractivity contribution in [3.05, 3.63) is 23.8 Å². The van der Waals surface area contributed by atoms with Crippen LogP contribution in [0.15, 0.2) is 18.2 Å². The van der Waals surface area contributed by atoms with Crippen LogP contribution in [0.5, 0.6) is 5.75 Å². The van der Waals surface area contributed by atoms with Gasteiger partial charge in [0, 0.05) is 24.6 Å². The number of carbonyl (C=O) groups excluding carboxylic acids is 1. The highest BCUT2D eigenvalue weighted by Crippen LogP contribution is 2.21. The van der Waals surface area contributed by atoms with Gasteiger partial charge < -0.3 is 19.9 Å². The Morgan fingerprint density at radius 1 is 1.37 bits per heavy atom. The molecule has 104 valence electrons. The molecule has 5 heteroatoms. The van der Waals surface area contributed by atoms with Crippen molar-refractivity contribution in [3.8, 4) is 5.75 Å². The van der Waals surface area contributed by atoms with E-state index in [0.717, 1.165) is 12.8 Å². The van der Waals surface area contributed by atoms with E-state index in [4.69, 9.17) is 19.9 Å². The molecule has 0 aromatic heterocycles. The molecule has 0 unspecified atom stereocenters. The average molecular weight is 265 g/mol. The van der Waals surface area contributed by atoms with Crippen LogP contribution in [0.3, 0.4) is 0 Å². The standard InChI is InChI=1S/C14H19NO4/c1-2-18-13-8-10(7-11(15)9-13)14(16)19-12-3-5-17-6-4-12/h7-9,12H,2-6,15H2,1H3. The average Bonchev–Trinajstić information content (AvgIpc) is 2.39. The molecule has 0 atom stereocenters. The summed E-state index contributed by atoms with van der Waals surface area (Å²) in [6, 6.07) is 4.94. The molecule has 1 aliphatic rings. The summed E-state index contributed by atoms with van der Waals surface area (Å²) in [6.45, 7) is 3.68. The second-order valence-corrected chi connectivity index (χ2v) is 4.44. The highest BCUT2D eigenvalue weighted by atomic mass is 16.6. The minimum atomic E-state index is -0.361. The van der Waals surface area contributed by atoms with Crippen molar-refractivity contribution in [2.24, 2.45) is 0 Å². The highest BCUT2D eigenvalue weighted by Gasteiger charge is 2.19. The summed E-state index contributed by atoms with van der Waals surface area (Å²) in [4.78, 5) is 12.0. The molecule has 19 heavy (non-hydrogen) atoms. The second-order valence-electron chi connectivity index (χ2n) is 4.44. The summed E-state index contributed by atoms with van der Waals surface area (Å²) in [5.41, 5.74) is 6.67. The molecular formula is C14H19NO4. The molecule has 1 aliphatic heterocycles. The molecule has 1 aromatic carbocycles. The van der Waals surface area contributed by atoms with Gasteiger partial charge in [-0.15, -0.1) is 0 Å². The lowest BCUT2D eigenvalue weighted by molar-refractivity contribution is -0.0159. The van der Waals surface area contributed by atoms with Gasteiger partial charge in [0.25, 0.3) is 0 Å². The largest absolute Gasteiger partial charge is 0.494 e. The summed E-state index contributed by atoms with van der Waals surface area (Å²) < 4.78 is 16.0. The van der Waals surface area contributed by atoms with E-state index in [0.29, 0.717) is 36.8 Å². The number of benzene rings is 1. The summed E-state index contributed by atoms with van der Waals surface area (Å²) in [5.74, 6) is 0.224. The lowest BCUT2D eigenvalue weighted by atomic mass is 10.1. The number of nitrogen functional groups attached to an aromatic ring is 1. The zero-order valence-corrected chi connectivity index (χ0v) is 11.1. The molecule has 1 heterocycles. The number of hydrogen-bond acceptors (Lipinski definition) is 5. The number of hydrogen-bond donors (Lipinski definition) is 1. The van der Waals surface area contributed by atoms with Crippen LogP contribution >= 0.6 is 0 Å². The molecule has 1 aromatic rings. The molecule has 0 aliphatic carbocycles. The monoisotopic (exact) mass is 265 g/mol. The summed E-state index contributed by atoms with van der Waals surface area (Å²) in [7, 11) is 0. The molecule has 1 fully saturated rings. The van der Waals surface area contributed by atoms with Gasteiger partial charge in [-0.3, -0.25) is 0 Å². The van der Waals surface area contributed by atoms with Crippen LogP contribution in [0, 0.1) is 0 Å². The van der Waals surface area contributed by atoms with Crippen LogP contribution in [0.1, 0.15) is 30.1 Å². The first-order valence-corrected chi connectivity index (χ1v) is 6.51. The first-order valence-electron chi connectivity index (χ1n) is 6.51. The van der Waals surface area contributed by atoms with Crippen LogP contribution in [0.2, 0.25) is 0 Å². The first kappa shape index (κ1) is 13.7. The number of carbonyl (C=O) groups is 1. The SMILES string of the molecule is CCOc1cc(N)cc(C(=O)OC2CCOCC2)c1. The third-order valence-electron chi connectivity index (χ3n) is 2.92. The normalized spacial score (nSPS) is 16.1. The van der Waals surface area contributed by atoms with Crippen molar-refractivity contribution in [3.63, 3.8) is 0 Å². The minimum Gasteiger partial charge on any atom is -0.494 e. The molecule has 2 N–H and O–H groups in total. The maximum Gasteiger partial charge on any atom is 0.338 e. The molecule has 0 radical (unpaired) electrons. The predicted molar refractivity (Wildman–Crippen MR) is 71.3 cm³/mol. The topological polar surface area (TPSA) is 70.8 Å². The van der Waals surface area contributed by atoms with Crippen molar-refractivity contribution in [2.45, 2.75) is 25.9 Å². The number of esters is 1. The van der Waals surface area contributed by atoms with Crippen molar-refractivity contribution in [1.29, 1.82) is 0 Å². The summed E-state index contributed by atoms with van der Waals surface area (Å²) in [6.07, 6.45) is 1.41. The van der Waals surface area contributed by atoms with Gasteiger partial charge in [-0.05, 0) is 19.1 Å². The molecule has 1 saturated heterocycles. The van der Waals surface area contributed by atoms with E-state index >= 15 is 0 Å². The van der Waals surface area contributed by atoms with Crippen LogP contribution in [-0.4, -0.2) is 31.9 Å². The zero-order valence-electron chi connectivity index (χ0n) is 11.1. The van der Waals surface area contributed by atoms with E-state index in [1.807, 2.05) is 6.92 Å². The molecule has 0 bridgehead atoms. The maximum absolute atomic E-state index is 12.0. The predicted octanol–water partition coefficient (Wildman–Crippen LogP) is 2.00. The van der Waals surface area contributed by atoms with Gasteiger partial charge in [0.05, 0.1) is 25.4 Å². The number of nitrogens with two attached hydrogens (primary N) is 1. The van der Waals surface area contributed by atoms with Gasteiger partial charge in [0.1, 0.15) is 11.9 Å². The van der Waals surface area contributed by atoms with Gasteiger partial charge in [-0.2, -0.15) is 0 Å². The van der Waals surface area contributed by atoms with Crippen molar-refractivity contribution >= 4 is 11.7 Å². The van der Waals surface area contributed by atoms with Crippen LogP contribution < -0.4 is 10.5 Å².